The lowest BCUT2D eigenvalue weighted by atomic mass is 9.98. The van der Waals surface area contributed by atoms with Crippen molar-refractivity contribution in [2.24, 2.45) is 5.41 Å². The minimum atomic E-state index is 0.0613. The zero-order chi connectivity index (χ0) is 10.9. The minimum Gasteiger partial charge on any atom is -0.339 e. The van der Waals surface area contributed by atoms with Crippen molar-refractivity contribution < 1.29 is 4.79 Å². The average Bonchev–Trinajstić information content (AvgIpc) is 2.98. The van der Waals surface area contributed by atoms with Crippen LogP contribution in [0.2, 0.25) is 0 Å². The highest BCUT2D eigenvalue weighted by Crippen LogP contribution is 2.51. The number of amides is 1. The molecule has 0 aromatic heterocycles. The lowest BCUT2D eigenvalue weighted by Crippen LogP contribution is -2.53. The Kier molecular flexibility index (Phi) is 3.01. The van der Waals surface area contributed by atoms with Crippen molar-refractivity contribution in [3.8, 4) is 0 Å². The fraction of sp³-hybridized carbons (Fsp3) is 0.917. The van der Waals surface area contributed by atoms with Gasteiger partial charge in [0.2, 0.25) is 5.91 Å². The molecule has 1 aliphatic heterocycles. The molecule has 0 unspecified atom stereocenters. The number of hydrogen-bond donors (Lipinski definition) is 1. The molecule has 86 valence electrons. The molecule has 0 radical (unpaired) electrons. The van der Waals surface area contributed by atoms with Gasteiger partial charge in [0, 0.05) is 31.1 Å². The van der Waals surface area contributed by atoms with Gasteiger partial charge in [0.05, 0.1) is 0 Å². The third kappa shape index (κ3) is 2.17. The number of hydrogen-bond acceptors (Lipinski definition) is 2. The van der Waals surface area contributed by atoms with Gasteiger partial charge >= 0.3 is 0 Å². The Morgan fingerprint density at radius 1 is 1.53 bits per heavy atom. The number of carbonyl (C=O) groups excluding carboxylic acids is 1. The molecule has 1 heterocycles. The van der Waals surface area contributed by atoms with E-state index in [0.29, 0.717) is 11.9 Å². The molecule has 1 saturated carbocycles. The van der Waals surface area contributed by atoms with E-state index in [9.17, 15) is 4.79 Å². The lowest BCUT2D eigenvalue weighted by molar-refractivity contribution is -0.138. The summed E-state index contributed by atoms with van der Waals surface area (Å²) < 4.78 is 0. The molecule has 2 aliphatic rings. The van der Waals surface area contributed by atoms with Crippen molar-refractivity contribution in [2.45, 2.75) is 45.6 Å². The number of nitrogens with zero attached hydrogens (tertiary/aromatic N) is 1. The SMILES string of the molecule is CCCC1(C(=O)N2CCN[C@@H](C)C2)CC1. The maximum atomic E-state index is 12.3. The van der Waals surface area contributed by atoms with Crippen molar-refractivity contribution in [3.05, 3.63) is 0 Å². The van der Waals surface area contributed by atoms with Crippen LogP contribution in [0.4, 0.5) is 0 Å². The van der Waals surface area contributed by atoms with Crippen LogP contribution in [0.5, 0.6) is 0 Å². The monoisotopic (exact) mass is 210 g/mol. The van der Waals surface area contributed by atoms with E-state index in [1.807, 2.05) is 0 Å². The van der Waals surface area contributed by atoms with E-state index in [1.165, 1.54) is 0 Å². The summed E-state index contributed by atoms with van der Waals surface area (Å²) >= 11 is 0. The number of nitrogens with one attached hydrogen (secondary N) is 1. The highest BCUT2D eigenvalue weighted by Gasteiger charge is 2.50. The maximum absolute atomic E-state index is 12.3. The van der Waals surface area contributed by atoms with Crippen molar-refractivity contribution in [3.63, 3.8) is 0 Å². The Labute approximate surface area is 92.2 Å². The first-order chi connectivity index (χ1) is 7.18. The summed E-state index contributed by atoms with van der Waals surface area (Å²) in [6, 6.07) is 0.458. The Hall–Kier alpha value is -0.570. The first-order valence-corrected chi connectivity index (χ1v) is 6.21. The molecule has 0 spiro atoms. The largest absolute Gasteiger partial charge is 0.339 e. The predicted molar refractivity (Wildman–Crippen MR) is 60.6 cm³/mol. The first-order valence-electron chi connectivity index (χ1n) is 6.21. The van der Waals surface area contributed by atoms with E-state index in [-0.39, 0.29) is 5.41 Å². The summed E-state index contributed by atoms with van der Waals surface area (Å²) in [5, 5.41) is 3.38. The fourth-order valence-corrected chi connectivity index (χ4v) is 2.65. The summed E-state index contributed by atoms with van der Waals surface area (Å²) in [5.41, 5.74) is 0.0613. The summed E-state index contributed by atoms with van der Waals surface area (Å²) in [6.45, 7) is 7.07. The summed E-state index contributed by atoms with van der Waals surface area (Å²) in [4.78, 5) is 14.4. The van der Waals surface area contributed by atoms with Crippen LogP contribution in [0.3, 0.4) is 0 Å². The molecule has 0 bridgehead atoms. The van der Waals surface area contributed by atoms with Crippen molar-refractivity contribution in [1.82, 2.24) is 10.2 Å². The van der Waals surface area contributed by atoms with Crippen LogP contribution in [0.1, 0.15) is 39.5 Å². The molecule has 1 aliphatic carbocycles. The second-order valence-electron chi connectivity index (χ2n) is 5.14. The predicted octanol–water partition coefficient (Wildman–Crippen LogP) is 1.39. The number of rotatable bonds is 3. The van der Waals surface area contributed by atoms with Gasteiger partial charge in [-0.3, -0.25) is 4.79 Å². The zero-order valence-corrected chi connectivity index (χ0v) is 9.88. The molecule has 1 atom stereocenters. The molecule has 15 heavy (non-hydrogen) atoms. The maximum Gasteiger partial charge on any atom is 0.228 e. The third-order valence-electron chi connectivity index (χ3n) is 3.69. The highest BCUT2D eigenvalue weighted by molar-refractivity contribution is 5.85. The second kappa shape index (κ2) is 4.12. The van der Waals surface area contributed by atoms with Crippen molar-refractivity contribution >= 4 is 5.91 Å². The number of carbonyl (C=O) groups is 1. The molecule has 3 nitrogen and oxygen atoms in total. The van der Waals surface area contributed by atoms with Crippen LogP contribution >= 0.6 is 0 Å². The Morgan fingerprint density at radius 2 is 2.27 bits per heavy atom. The van der Waals surface area contributed by atoms with E-state index in [2.05, 4.69) is 24.1 Å². The van der Waals surface area contributed by atoms with Gasteiger partial charge < -0.3 is 10.2 Å². The molecular weight excluding hydrogens is 188 g/mol. The summed E-state index contributed by atoms with van der Waals surface area (Å²) in [7, 11) is 0. The van der Waals surface area contributed by atoms with Gasteiger partial charge in [-0.05, 0) is 26.2 Å². The minimum absolute atomic E-state index is 0.0613. The topological polar surface area (TPSA) is 32.3 Å². The second-order valence-corrected chi connectivity index (χ2v) is 5.14. The van der Waals surface area contributed by atoms with Gasteiger partial charge in [-0.25, -0.2) is 0 Å². The van der Waals surface area contributed by atoms with Gasteiger partial charge in [0.1, 0.15) is 0 Å². The van der Waals surface area contributed by atoms with Gasteiger partial charge in [0.25, 0.3) is 0 Å². The molecule has 0 aromatic rings. The van der Waals surface area contributed by atoms with Crippen LogP contribution in [0, 0.1) is 5.41 Å². The molecule has 1 amide bonds. The Bertz CT molecular complexity index is 248. The first kappa shape index (κ1) is 10.9. The van der Waals surface area contributed by atoms with Crippen molar-refractivity contribution in [1.29, 1.82) is 0 Å². The smallest absolute Gasteiger partial charge is 0.228 e. The molecular formula is C12H22N2O. The average molecular weight is 210 g/mol. The van der Waals surface area contributed by atoms with Crippen molar-refractivity contribution in [2.75, 3.05) is 19.6 Å². The summed E-state index contributed by atoms with van der Waals surface area (Å²) in [5.74, 6) is 0.428. The molecule has 1 saturated heterocycles. The third-order valence-corrected chi connectivity index (χ3v) is 3.69. The molecule has 3 heteroatoms. The van der Waals surface area contributed by atoms with Gasteiger partial charge in [0.15, 0.2) is 0 Å². The van der Waals surface area contributed by atoms with Gasteiger partial charge in [-0.15, -0.1) is 0 Å². The standard InChI is InChI=1S/C12H22N2O/c1-3-4-12(5-6-12)11(15)14-8-7-13-10(2)9-14/h10,13H,3-9H2,1-2H3/t10-/m0/s1. The van der Waals surface area contributed by atoms with Gasteiger partial charge in [-0.1, -0.05) is 13.3 Å². The molecule has 2 fully saturated rings. The van der Waals surface area contributed by atoms with E-state index >= 15 is 0 Å². The van der Waals surface area contributed by atoms with E-state index in [4.69, 9.17) is 0 Å². The number of piperazine rings is 1. The lowest BCUT2D eigenvalue weighted by Gasteiger charge is -2.34. The van der Waals surface area contributed by atoms with Crippen LogP contribution in [-0.4, -0.2) is 36.5 Å². The Balaban J connectivity index is 1.95. The van der Waals surface area contributed by atoms with Crippen LogP contribution < -0.4 is 5.32 Å². The fourth-order valence-electron chi connectivity index (χ4n) is 2.65. The van der Waals surface area contributed by atoms with Crippen LogP contribution in [-0.2, 0) is 4.79 Å². The highest BCUT2D eigenvalue weighted by atomic mass is 16.2. The van der Waals surface area contributed by atoms with E-state index in [0.717, 1.165) is 45.3 Å². The molecule has 1 N–H and O–H groups in total. The quantitative estimate of drug-likeness (QED) is 0.763. The Morgan fingerprint density at radius 3 is 2.80 bits per heavy atom. The zero-order valence-electron chi connectivity index (χ0n) is 9.88. The summed E-state index contributed by atoms with van der Waals surface area (Å²) in [6.07, 6.45) is 4.47. The van der Waals surface area contributed by atoms with Crippen LogP contribution in [0.25, 0.3) is 0 Å². The van der Waals surface area contributed by atoms with E-state index < -0.39 is 0 Å². The van der Waals surface area contributed by atoms with E-state index in [1.54, 1.807) is 0 Å². The van der Waals surface area contributed by atoms with Crippen LogP contribution in [0.15, 0.2) is 0 Å². The van der Waals surface area contributed by atoms with Gasteiger partial charge in [-0.2, -0.15) is 0 Å². The molecule has 0 aromatic carbocycles. The normalized spacial score (nSPS) is 28.9. The molecule has 2 rings (SSSR count).